The predicted octanol–water partition coefficient (Wildman–Crippen LogP) is 2.31. The van der Waals surface area contributed by atoms with Crippen LogP contribution in [0.4, 0.5) is 11.4 Å². The molecule has 0 aromatic heterocycles. The topological polar surface area (TPSA) is 105 Å². The molecule has 0 aliphatic carbocycles. The molecule has 166 valence electrons. The van der Waals surface area contributed by atoms with Gasteiger partial charge in [-0.15, -0.1) is 0 Å². The maximum absolute atomic E-state index is 12.7. The lowest BCUT2D eigenvalue weighted by Gasteiger charge is -2.23. The molecule has 8 nitrogen and oxygen atoms in total. The summed E-state index contributed by atoms with van der Waals surface area (Å²) < 4.78 is 31.2. The van der Waals surface area contributed by atoms with Crippen LogP contribution in [-0.2, 0) is 19.6 Å². The van der Waals surface area contributed by atoms with E-state index in [0.29, 0.717) is 30.1 Å². The van der Waals surface area contributed by atoms with Crippen LogP contribution in [0.25, 0.3) is 0 Å². The monoisotopic (exact) mass is 445 g/mol. The highest BCUT2D eigenvalue weighted by Gasteiger charge is 2.23. The fourth-order valence-electron chi connectivity index (χ4n) is 3.44. The second-order valence-electron chi connectivity index (χ2n) is 7.49. The van der Waals surface area contributed by atoms with Crippen LogP contribution in [-0.4, -0.2) is 52.3 Å². The molecule has 0 bridgehead atoms. The zero-order chi connectivity index (χ0) is 22.4. The van der Waals surface area contributed by atoms with Crippen LogP contribution < -0.4 is 14.9 Å². The molecule has 1 fully saturated rings. The molecule has 3 rings (SSSR count). The summed E-state index contributed by atoms with van der Waals surface area (Å²) >= 11 is 0. The number of hydrogen-bond acceptors (Lipinski definition) is 5. The first kappa shape index (κ1) is 22.8. The average molecular weight is 446 g/mol. The standard InChI is InChI=1S/C22H27N3O5S/c1-16-8-3-6-12-20(16)25(31(2,28)29)15-21(26)24-19-11-5-4-10-18(19)22(27)23-14-17-9-7-13-30-17/h3-6,8,10-12,17H,7,9,13-15H2,1-2H3,(H,23,27)(H,24,26)/t17-/m0/s1. The Balaban J connectivity index is 1.72. The van der Waals surface area contributed by atoms with Gasteiger partial charge in [-0.25, -0.2) is 8.42 Å². The summed E-state index contributed by atoms with van der Waals surface area (Å²) in [6.07, 6.45) is 2.94. The van der Waals surface area contributed by atoms with Gasteiger partial charge in [0.1, 0.15) is 6.54 Å². The minimum Gasteiger partial charge on any atom is -0.376 e. The quantitative estimate of drug-likeness (QED) is 0.649. The van der Waals surface area contributed by atoms with Crippen LogP contribution in [0.5, 0.6) is 0 Å². The number of ether oxygens (including phenoxy) is 1. The Hall–Kier alpha value is -2.91. The van der Waals surface area contributed by atoms with Crippen LogP contribution >= 0.6 is 0 Å². The van der Waals surface area contributed by atoms with Gasteiger partial charge in [0.05, 0.1) is 29.3 Å². The molecule has 1 saturated heterocycles. The van der Waals surface area contributed by atoms with Gasteiger partial charge >= 0.3 is 0 Å². The van der Waals surface area contributed by atoms with Crippen LogP contribution in [0.15, 0.2) is 48.5 Å². The van der Waals surface area contributed by atoms with E-state index in [2.05, 4.69) is 10.6 Å². The van der Waals surface area contributed by atoms with Gasteiger partial charge in [0.2, 0.25) is 15.9 Å². The van der Waals surface area contributed by atoms with Crippen LogP contribution in [0.1, 0.15) is 28.8 Å². The van der Waals surface area contributed by atoms with Gasteiger partial charge in [-0.1, -0.05) is 30.3 Å². The highest BCUT2D eigenvalue weighted by Crippen LogP contribution is 2.22. The summed E-state index contributed by atoms with van der Waals surface area (Å²) in [7, 11) is -3.69. The smallest absolute Gasteiger partial charge is 0.253 e. The second-order valence-corrected chi connectivity index (χ2v) is 9.40. The van der Waals surface area contributed by atoms with Gasteiger partial charge in [-0.2, -0.15) is 0 Å². The van der Waals surface area contributed by atoms with Crippen LogP contribution in [0.3, 0.4) is 0 Å². The molecular weight excluding hydrogens is 418 g/mol. The zero-order valence-electron chi connectivity index (χ0n) is 17.6. The molecular formula is C22H27N3O5S. The molecule has 31 heavy (non-hydrogen) atoms. The van der Waals surface area contributed by atoms with Gasteiger partial charge in [0.25, 0.3) is 5.91 Å². The van der Waals surface area contributed by atoms with Crippen molar-refractivity contribution in [2.24, 2.45) is 0 Å². The summed E-state index contributed by atoms with van der Waals surface area (Å²) in [4.78, 5) is 25.4. The van der Waals surface area contributed by atoms with Gasteiger partial charge in [-0.3, -0.25) is 13.9 Å². The van der Waals surface area contributed by atoms with Crippen molar-refractivity contribution >= 4 is 33.2 Å². The number of nitrogens with one attached hydrogen (secondary N) is 2. The van der Waals surface area contributed by atoms with Gasteiger partial charge in [0.15, 0.2) is 0 Å². The number of rotatable bonds is 8. The SMILES string of the molecule is Cc1ccccc1N(CC(=O)Nc1ccccc1C(=O)NC[C@@H]1CCCO1)S(C)(=O)=O. The molecule has 2 amide bonds. The van der Waals surface area contributed by atoms with E-state index in [0.717, 1.165) is 29.0 Å². The Kier molecular flexibility index (Phi) is 7.29. The summed E-state index contributed by atoms with van der Waals surface area (Å²) in [5, 5.41) is 5.51. The third-order valence-corrected chi connectivity index (χ3v) is 6.16. The number of amides is 2. The fraction of sp³-hybridized carbons (Fsp3) is 0.364. The number of para-hydroxylation sites is 2. The lowest BCUT2D eigenvalue weighted by molar-refractivity contribution is -0.114. The normalized spacial score (nSPS) is 16.0. The number of nitrogens with zero attached hydrogens (tertiary/aromatic N) is 1. The number of aryl methyl sites for hydroxylation is 1. The minimum atomic E-state index is -3.69. The molecule has 0 unspecified atom stereocenters. The Bertz CT molecular complexity index is 1050. The van der Waals surface area contributed by atoms with Gasteiger partial charge in [-0.05, 0) is 43.5 Å². The number of hydrogen-bond donors (Lipinski definition) is 2. The number of anilines is 2. The van der Waals surface area contributed by atoms with E-state index >= 15 is 0 Å². The van der Waals surface area contributed by atoms with Crippen molar-refractivity contribution in [1.29, 1.82) is 0 Å². The first-order valence-corrected chi connectivity index (χ1v) is 11.9. The molecule has 0 spiro atoms. The maximum Gasteiger partial charge on any atom is 0.253 e. The minimum absolute atomic E-state index is 0.00290. The van der Waals surface area contributed by atoms with Crippen molar-refractivity contribution in [3.63, 3.8) is 0 Å². The molecule has 1 aliphatic heterocycles. The van der Waals surface area contributed by atoms with Crippen molar-refractivity contribution in [2.75, 3.05) is 35.6 Å². The number of carbonyl (C=O) groups excluding carboxylic acids is 2. The number of carbonyl (C=O) groups is 2. The predicted molar refractivity (Wildman–Crippen MR) is 120 cm³/mol. The van der Waals surface area contributed by atoms with Crippen molar-refractivity contribution in [1.82, 2.24) is 5.32 Å². The van der Waals surface area contributed by atoms with E-state index in [1.807, 2.05) is 0 Å². The van der Waals surface area contributed by atoms with Gasteiger partial charge in [0, 0.05) is 13.2 Å². The number of benzene rings is 2. The summed E-state index contributed by atoms with van der Waals surface area (Å²) in [5.41, 5.74) is 1.78. The summed E-state index contributed by atoms with van der Waals surface area (Å²) in [6.45, 7) is 2.47. The van der Waals surface area contributed by atoms with Crippen molar-refractivity contribution in [2.45, 2.75) is 25.9 Å². The first-order valence-electron chi connectivity index (χ1n) is 10.1. The molecule has 0 radical (unpaired) electrons. The molecule has 0 saturated carbocycles. The Morgan fingerprint density at radius 3 is 2.52 bits per heavy atom. The van der Waals surface area contributed by atoms with Crippen molar-refractivity contribution in [3.05, 3.63) is 59.7 Å². The Morgan fingerprint density at radius 2 is 1.84 bits per heavy atom. The largest absolute Gasteiger partial charge is 0.376 e. The highest BCUT2D eigenvalue weighted by molar-refractivity contribution is 7.92. The molecule has 1 aliphatic rings. The van der Waals surface area contributed by atoms with E-state index in [1.165, 1.54) is 0 Å². The first-order chi connectivity index (χ1) is 14.8. The van der Waals surface area contributed by atoms with Crippen LogP contribution in [0.2, 0.25) is 0 Å². The fourth-order valence-corrected chi connectivity index (χ4v) is 4.36. The van der Waals surface area contributed by atoms with Crippen molar-refractivity contribution in [3.8, 4) is 0 Å². The second kappa shape index (κ2) is 9.93. The zero-order valence-corrected chi connectivity index (χ0v) is 18.4. The molecule has 1 atom stereocenters. The molecule has 2 N–H and O–H groups in total. The third-order valence-electron chi connectivity index (χ3n) is 5.03. The van der Waals surface area contributed by atoms with E-state index < -0.39 is 22.5 Å². The lowest BCUT2D eigenvalue weighted by atomic mass is 10.1. The molecule has 1 heterocycles. The third kappa shape index (κ3) is 6.05. The molecule has 9 heteroatoms. The van der Waals surface area contributed by atoms with E-state index in [-0.39, 0.29) is 12.0 Å². The number of sulfonamides is 1. The van der Waals surface area contributed by atoms with Crippen LogP contribution in [0, 0.1) is 6.92 Å². The van der Waals surface area contributed by atoms with Crippen molar-refractivity contribution < 1.29 is 22.7 Å². The van der Waals surface area contributed by atoms with E-state index in [4.69, 9.17) is 4.74 Å². The van der Waals surface area contributed by atoms with Gasteiger partial charge < -0.3 is 15.4 Å². The van der Waals surface area contributed by atoms with E-state index in [1.54, 1.807) is 55.5 Å². The lowest BCUT2D eigenvalue weighted by Crippen LogP contribution is -2.38. The van der Waals surface area contributed by atoms with E-state index in [9.17, 15) is 18.0 Å². The Morgan fingerprint density at radius 1 is 1.13 bits per heavy atom. The molecule has 2 aromatic carbocycles. The maximum atomic E-state index is 12.7. The average Bonchev–Trinajstić information content (AvgIpc) is 3.24. The Labute approximate surface area is 182 Å². The molecule has 2 aromatic rings. The summed E-state index contributed by atoms with van der Waals surface area (Å²) in [6, 6.07) is 13.6. The summed E-state index contributed by atoms with van der Waals surface area (Å²) in [5.74, 6) is -0.877. The highest BCUT2D eigenvalue weighted by atomic mass is 32.2.